The lowest BCUT2D eigenvalue weighted by molar-refractivity contribution is 0.834. The van der Waals surface area contributed by atoms with Crippen LogP contribution in [0.4, 0.5) is 0 Å². The van der Waals surface area contributed by atoms with Gasteiger partial charge in [-0.2, -0.15) is 0 Å². The van der Waals surface area contributed by atoms with Crippen LogP contribution in [0.1, 0.15) is 30.0 Å². The second-order valence-corrected chi connectivity index (χ2v) is 5.43. The van der Waals surface area contributed by atoms with E-state index in [4.69, 9.17) is 5.41 Å². The number of nitrogens with zero attached hydrogens (tertiary/aromatic N) is 1. The molecule has 21 heavy (non-hydrogen) atoms. The quantitative estimate of drug-likeness (QED) is 0.658. The summed E-state index contributed by atoms with van der Waals surface area (Å²) in [7, 11) is 0. The van der Waals surface area contributed by atoms with Crippen LogP contribution in [0, 0.1) is 5.41 Å². The highest BCUT2D eigenvalue weighted by Gasteiger charge is 2.04. The van der Waals surface area contributed by atoms with Gasteiger partial charge in [0.2, 0.25) is 0 Å². The van der Waals surface area contributed by atoms with Gasteiger partial charge in [-0.3, -0.25) is 0 Å². The van der Waals surface area contributed by atoms with E-state index < -0.39 is 0 Å². The van der Waals surface area contributed by atoms with E-state index in [1.807, 2.05) is 12.1 Å². The van der Waals surface area contributed by atoms with Crippen molar-refractivity contribution in [2.75, 3.05) is 0 Å². The standard InChI is InChI=1S/C19H20N2/c1-2-4-15-7-9-16(10-8-15)14-21-12-11-18-17(13-20)5-3-6-19(18)21/h3,5-13,20H,2,4,14H2,1H3. The molecule has 3 aromatic rings. The van der Waals surface area contributed by atoms with E-state index in [2.05, 4.69) is 54.1 Å². The average Bonchev–Trinajstić information content (AvgIpc) is 2.93. The van der Waals surface area contributed by atoms with Crippen molar-refractivity contribution in [2.45, 2.75) is 26.3 Å². The molecule has 0 saturated carbocycles. The van der Waals surface area contributed by atoms with Gasteiger partial charge in [-0.05, 0) is 29.7 Å². The molecule has 3 rings (SSSR count). The maximum Gasteiger partial charge on any atom is 0.0490 e. The van der Waals surface area contributed by atoms with Crippen LogP contribution in [0.15, 0.2) is 54.7 Å². The van der Waals surface area contributed by atoms with Gasteiger partial charge in [0.05, 0.1) is 0 Å². The third kappa shape index (κ3) is 2.75. The molecule has 0 saturated heterocycles. The van der Waals surface area contributed by atoms with Crippen molar-refractivity contribution in [3.05, 3.63) is 71.4 Å². The highest BCUT2D eigenvalue weighted by atomic mass is 14.9. The lowest BCUT2D eigenvalue weighted by Gasteiger charge is -2.07. The minimum Gasteiger partial charge on any atom is -0.343 e. The maximum atomic E-state index is 7.48. The predicted octanol–water partition coefficient (Wildman–Crippen LogP) is 4.64. The summed E-state index contributed by atoms with van der Waals surface area (Å²) >= 11 is 0. The molecule has 0 radical (unpaired) electrons. The Morgan fingerprint density at radius 1 is 1.00 bits per heavy atom. The normalized spacial score (nSPS) is 10.9. The second kappa shape index (κ2) is 5.96. The molecule has 0 unspecified atom stereocenters. The zero-order chi connectivity index (χ0) is 14.7. The van der Waals surface area contributed by atoms with Crippen molar-refractivity contribution in [2.24, 2.45) is 0 Å². The minimum absolute atomic E-state index is 0.872. The number of nitrogens with one attached hydrogen (secondary N) is 1. The van der Waals surface area contributed by atoms with Gasteiger partial charge in [0.15, 0.2) is 0 Å². The molecule has 0 amide bonds. The monoisotopic (exact) mass is 276 g/mol. The first-order valence-electron chi connectivity index (χ1n) is 7.48. The summed E-state index contributed by atoms with van der Waals surface area (Å²) in [6.45, 7) is 3.08. The summed E-state index contributed by atoms with van der Waals surface area (Å²) in [5, 5.41) is 8.63. The number of hydrogen-bond donors (Lipinski definition) is 1. The van der Waals surface area contributed by atoms with E-state index in [1.165, 1.54) is 29.3 Å². The largest absolute Gasteiger partial charge is 0.343 e. The number of aromatic nitrogens is 1. The van der Waals surface area contributed by atoms with Gasteiger partial charge in [-0.25, -0.2) is 0 Å². The molecule has 2 aromatic carbocycles. The van der Waals surface area contributed by atoms with Crippen LogP contribution in [-0.2, 0) is 13.0 Å². The molecule has 0 aliphatic rings. The van der Waals surface area contributed by atoms with Gasteiger partial charge in [-0.1, -0.05) is 49.7 Å². The van der Waals surface area contributed by atoms with Crippen LogP contribution in [0.2, 0.25) is 0 Å². The first-order chi connectivity index (χ1) is 10.3. The molecular formula is C19H20N2. The van der Waals surface area contributed by atoms with E-state index >= 15 is 0 Å². The van der Waals surface area contributed by atoms with E-state index in [0.717, 1.165) is 23.9 Å². The molecule has 0 aliphatic carbocycles. The smallest absolute Gasteiger partial charge is 0.0490 e. The van der Waals surface area contributed by atoms with E-state index in [-0.39, 0.29) is 0 Å². The molecule has 106 valence electrons. The van der Waals surface area contributed by atoms with Gasteiger partial charge in [-0.15, -0.1) is 0 Å². The van der Waals surface area contributed by atoms with Crippen LogP contribution in [-0.4, -0.2) is 10.8 Å². The maximum absolute atomic E-state index is 7.48. The topological polar surface area (TPSA) is 28.8 Å². The van der Waals surface area contributed by atoms with Gasteiger partial charge in [0, 0.05) is 35.4 Å². The number of fused-ring (bicyclic) bond motifs is 1. The number of rotatable bonds is 5. The number of benzene rings is 2. The van der Waals surface area contributed by atoms with Crippen molar-refractivity contribution in [3.63, 3.8) is 0 Å². The Labute approximate surface area is 125 Å². The van der Waals surface area contributed by atoms with Crippen LogP contribution in [0.5, 0.6) is 0 Å². The molecule has 2 heteroatoms. The molecule has 2 nitrogen and oxygen atoms in total. The molecule has 1 heterocycles. The third-order valence-corrected chi connectivity index (χ3v) is 3.92. The number of hydrogen-bond acceptors (Lipinski definition) is 1. The van der Waals surface area contributed by atoms with Crippen molar-refractivity contribution in [3.8, 4) is 0 Å². The predicted molar refractivity (Wildman–Crippen MR) is 89.4 cm³/mol. The summed E-state index contributed by atoms with van der Waals surface area (Å²) in [6, 6.07) is 17.1. The fraction of sp³-hybridized carbons (Fsp3) is 0.211. The van der Waals surface area contributed by atoms with Crippen LogP contribution < -0.4 is 0 Å². The summed E-state index contributed by atoms with van der Waals surface area (Å²) in [5.41, 5.74) is 4.88. The zero-order valence-corrected chi connectivity index (χ0v) is 12.3. The second-order valence-electron chi connectivity index (χ2n) is 5.43. The molecule has 0 spiro atoms. The molecule has 1 aromatic heterocycles. The average molecular weight is 276 g/mol. The van der Waals surface area contributed by atoms with Crippen molar-refractivity contribution in [1.29, 1.82) is 5.41 Å². The van der Waals surface area contributed by atoms with E-state index in [1.54, 1.807) is 0 Å². The third-order valence-electron chi connectivity index (χ3n) is 3.92. The van der Waals surface area contributed by atoms with Crippen LogP contribution >= 0.6 is 0 Å². The van der Waals surface area contributed by atoms with E-state index in [0.29, 0.717) is 0 Å². The summed E-state index contributed by atoms with van der Waals surface area (Å²) < 4.78 is 2.25. The van der Waals surface area contributed by atoms with Gasteiger partial charge in [0.25, 0.3) is 0 Å². The molecule has 0 atom stereocenters. The lowest BCUT2D eigenvalue weighted by atomic mass is 10.1. The van der Waals surface area contributed by atoms with E-state index in [9.17, 15) is 0 Å². The lowest BCUT2D eigenvalue weighted by Crippen LogP contribution is -1.98. The Morgan fingerprint density at radius 2 is 1.76 bits per heavy atom. The first-order valence-corrected chi connectivity index (χ1v) is 7.48. The Bertz CT molecular complexity index is 751. The Hall–Kier alpha value is -2.35. The fourth-order valence-electron chi connectivity index (χ4n) is 2.81. The minimum atomic E-state index is 0.872. The first kappa shape index (κ1) is 13.6. The summed E-state index contributed by atoms with van der Waals surface area (Å²) in [5.74, 6) is 0. The SMILES string of the molecule is CCCc1ccc(Cn2ccc3c(C=N)cccc32)cc1. The molecule has 1 N–H and O–H groups in total. The van der Waals surface area contributed by atoms with Gasteiger partial charge < -0.3 is 9.98 Å². The highest BCUT2D eigenvalue weighted by Crippen LogP contribution is 2.20. The van der Waals surface area contributed by atoms with Crippen molar-refractivity contribution >= 4 is 17.1 Å². The van der Waals surface area contributed by atoms with Crippen LogP contribution in [0.3, 0.4) is 0 Å². The van der Waals surface area contributed by atoms with Crippen molar-refractivity contribution < 1.29 is 0 Å². The van der Waals surface area contributed by atoms with Crippen molar-refractivity contribution in [1.82, 2.24) is 4.57 Å². The number of aryl methyl sites for hydroxylation is 1. The molecule has 0 fully saturated rings. The molecular weight excluding hydrogens is 256 g/mol. The van der Waals surface area contributed by atoms with Gasteiger partial charge >= 0.3 is 0 Å². The summed E-state index contributed by atoms with van der Waals surface area (Å²) in [4.78, 5) is 0. The molecule has 0 bridgehead atoms. The zero-order valence-electron chi connectivity index (χ0n) is 12.3. The molecule has 0 aliphatic heterocycles. The van der Waals surface area contributed by atoms with Gasteiger partial charge in [0.1, 0.15) is 0 Å². The Kier molecular flexibility index (Phi) is 3.87. The highest BCUT2D eigenvalue weighted by molar-refractivity contribution is 5.97. The Balaban J connectivity index is 1.89. The Morgan fingerprint density at radius 3 is 2.48 bits per heavy atom. The fourth-order valence-corrected chi connectivity index (χ4v) is 2.81. The van der Waals surface area contributed by atoms with Crippen LogP contribution in [0.25, 0.3) is 10.9 Å². The summed E-state index contributed by atoms with van der Waals surface area (Å²) in [6.07, 6.45) is 5.87.